The van der Waals surface area contributed by atoms with Gasteiger partial charge in [0.2, 0.25) is 0 Å². The lowest BCUT2D eigenvalue weighted by Crippen LogP contribution is -2.42. The standard InChI is InChI=1S/C14H21NO3/c1-4-10(2)13(14(17)18-3)15-9-11-6-5-7-12(16)8-11/h5-8,10,13,15-16H,4,9H2,1-3H3. The molecule has 0 saturated heterocycles. The molecule has 1 aromatic rings. The van der Waals surface area contributed by atoms with Crippen molar-refractivity contribution >= 4 is 5.97 Å². The molecule has 1 rings (SSSR count). The molecule has 0 amide bonds. The van der Waals surface area contributed by atoms with Crippen molar-refractivity contribution in [3.63, 3.8) is 0 Å². The summed E-state index contributed by atoms with van der Waals surface area (Å²) >= 11 is 0. The van der Waals surface area contributed by atoms with Crippen LogP contribution < -0.4 is 5.32 Å². The van der Waals surface area contributed by atoms with Gasteiger partial charge in [-0.3, -0.25) is 4.79 Å². The predicted octanol–water partition coefficient (Wildman–Crippen LogP) is 2.07. The van der Waals surface area contributed by atoms with Gasteiger partial charge in [-0.15, -0.1) is 0 Å². The Bertz CT molecular complexity index is 392. The molecule has 100 valence electrons. The van der Waals surface area contributed by atoms with Gasteiger partial charge in [-0.05, 0) is 23.6 Å². The number of methoxy groups -OCH3 is 1. The van der Waals surface area contributed by atoms with Crippen LogP contribution in [-0.2, 0) is 16.1 Å². The highest BCUT2D eigenvalue weighted by atomic mass is 16.5. The van der Waals surface area contributed by atoms with E-state index in [9.17, 15) is 9.90 Å². The van der Waals surface area contributed by atoms with E-state index in [1.165, 1.54) is 7.11 Å². The Labute approximate surface area is 108 Å². The normalized spacial score (nSPS) is 13.9. The molecular formula is C14H21NO3. The van der Waals surface area contributed by atoms with E-state index in [1.807, 2.05) is 19.9 Å². The molecule has 0 aromatic heterocycles. The van der Waals surface area contributed by atoms with Gasteiger partial charge in [-0.1, -0.05) is 32.4 Å². The second-order valence-corrected chi connectivity index (χ2v) is 4.44. The van der Waals surface area contributed by atoms with Gasteiger partial charge in [0.25, 0.3) is 0 Å². The fourth-order valence-corrected chi connectivity index (χ4v) is 1.77. The van der Waals surface area contributed by atoms with Crippen molar-refractivity contribution in [2.45, 2.75) is 32.9 Å². The lowest BCUT2D eigenvalue weighted by Gasteiger charge is -2.21. The number of aromatic hydroxyl groups is 1. The molecule has 4 nitrogen and oxygen atoms in total. The lowest BCUT2D eigenvalue weighted by atomic mass is 9.99. The molecule has 2 unspecified atom stereocenters. The van der Waals surface area contributed by atoms with E-state index in [2.05, 4.69) is 5.32 Å². The Morgan fingerprint density at radius 2 is 2.22 bits per heavy atom. The highest BCUT2D eigenvalue weighted by molar-refractivity contribution is 5.75. The van der Waals surface area contributed by atoms with Gasteiger partial charge in [-0.25, -0.2) is 0 Å². The van der Waals surface area contributed by atoms with Crippen LogP contribution in [0.3, 0.4) is 0 Å². The molecule has 0 aliphatic rings. The number of hydrogen-bond donors (Lipinski definition) is 2. The number of benzene rings is 1. The summed E-state index contributed by atoms with van der Waals surface area (Å²) in [6, 6.07) is 6.66. The average Bonchev–Trinajstić information content (AvgIpc) is 2.38. The molecule has 0 aliphatic carbocycles. The SMILES string of the molecule is CCC(C)C(NCc1cccc(O)c1)C(=O)OC. The van der Waals surface area contributed by atoms with E-state index < -0.39 is 0 Å². The third-order valence-electron chi connectivity index (χ3n) is 3.10. The van der Waals surface area contributed by atoms with Crippen LogP contribution in [0.5, 0.6) is 5.75 Å². The Balaban J connectivity index is 2.64. The van der Waals surface area contributed by atoms with Crippen LogP contribution in [0.2, 0.25) is 0 Å². The summed E-state index contributed by atoms with van der Waals surface area (Å²) in [4.78, 5) is 11.7. The first-order valence-corrected chi connectivity index (χ1v) is 6.17. The maximum absolute atomic E-state index is 11.7. The zero-order chi connectivity index (χ0) is 13.5. The molecule has 2 atom stereocenters. The molecular weight excluding hydrogens is 230 g/mol. The van der Waals surface area contributed by atoms with Crippen LogP contribution in [-0.4, -0.2) is 24.2 Å². The molecule has 0 fully saturated rings. The lowest BCUT2D eigenvalue weighted by molar-refractivity contribution is -0.144. The summed E-state index contributed by atoms with van der Waals surface area (Å²) in [5.41, 5.74) is 0.937. The van der Waals surface area contributed by atoms with Crippen LogP contribution in [0.4, 0.5) is 0 Å². The summed E-state index contributed by atoms with van der Waals surface area (Å²) in [7, 11) is 1.40. The molecule has 0 bridgehead atoms. The number of ether oxygens (including phenoxy) is 1. The molecule has 0 spiro atoms. The van der Waals surface area contributed by atoms with Crippen LogP contribution in [0, 0.1) is 5.92 Å². The van der Waals surface area contributed by atoms with Crippen molar-refractivity contribution < 1.29 is 14.6 Å². The van der Waals surface area contributed by atoms with Crippen LogP contribution in [0.1, 0.15) is 25.8 Å². The van der Waals surface area contributed by atoms with Crippen LogP contribution >= 0.6 is 0 Å². The van der Waals surface area contributed by atoms with Gasteiger partial charge < -0.3 is 15.2 Å². The van der Waals surface area contributed by atoms with E-state index in [0.29, 0.717) is 6.54 Å². The number of hydrogen-bond acceptors (Lipinski definition) is 4. The van der Waals surface area contributed by atoms with Gasteiger partial charge in [0, 0.05) is 6.54 Å². The first-order valence-electron chi connectivity index (χ1n) is 6.17. The molecule has 4 heteroatoms. The minimum atomic E-state index is -0.317. The highest BCUT2D eigenvalue weighted by Crippen LogP contribution is 2.13. The number of carbonyl (C=O) groups excluding carboxylic acids is 1. The van der Waals surface area contributed by atoms with E-state index in [1.54, 1.807) is 18.2 Å². The van der Waals surface area contributed by atoms with Crippen molar-refractivity contribution in [2.24, 2.45) is 5.92 Å². The molecule has 0 saturated carbocycles. The Morgan fingerprint density at radius 3 is 2.78 bits per heavy atom. The fourth-order valence-electron chi connectivity index (χ4n) is 1.77. The fraction of sp³-hybridized carbons (Fsp3) is 0.500. The summed E-state index contributed by atoms with van der Waals surface area (Å²) < 4.78 is 4.80. The van der Waals surface area contributed by atoms with Crippen LogP contribution in [0.25, 0.3) is 0 Å². The van der Waals surface area contributed by atoms with Gasteiger partial charge in [0.15, 0.2) is 0 Å². The minimum Gasteiger partial charge on any atom is -0.508 e. The first-order chi connectivity index (χ1) is 8.58. The summed E-state index contributed by atoms with van der Waals surface area (Å²) in [5.74, 6) is 0.187. The maximum atomic E-state index is 11.7. The minimum absolute atomic E-state index is 0.203. The van der Waals surface area contributed by atoms with E-state index in [0.717, 1.165) is 12.0 Å². The Kier molecular flexibility index (Phi) is 5.65. The summed E-state index contributed by atoms with van der Waals surface area (Å²) in [5, 5.41) is 12.5. The number of carbonyl (C=O) groups is 1. The number of phenolic OH excluding ortho intramolecular Hbond substituents is 1. The molecule has 0 heterocycles. The van der Waals surface area contributed by atoms with Crippen LogP contribution in [0.15, 0.2) is 24.3 Å². The van der Waals surface area contributed by atoms with Gasteiger partial charge in [0.1, 0.15) is 11.8 Å². The maximum Gasteiger partial charge on any atom is 0.323 e. The van der Waals surface area contributed by atoms with Crippen molar-refractivity contribution in [3.05, 3.63) is 29.8 Å². The third-order valence-corrected chi connectivity index (χ3v) is 3.10. The number of rotatable bonds is 6. The largest absolute Gasteiger partial charge is 0.508 e. The van der Waals surface area contributed by atoms with E-state index in [-0.39, 0.29) is 23.7 Å². The van der Waals surface area contributed by atoms with E-state index in [4.69, 9.17) is 4.74 Å². The molecule has 2 N–H and O–H groups in total. The Hall–Kier alpha value is -1.55. The predicted molar refractivity (Wildman–Crippen MR) is 70.2 cm³/mol. The monoisotopic (exact) mass is 251 g/mol. The van der Waals surface area contributed by atoms with Crippen molar-refractivity contribution in [3.8, 4) is 5.75 Å². The second-order valence-electron chi connectivity index (χ2n) is 4.44. The van der Waals surface area contributed by atoms with Gasteiger partial charge in [0.05, 0.1) is 7.11 Å². The van der Waals surface area contributed by atoms with Crippen molar-refractivity contribution in [1.82, 2.24) is 5.32 Å². The first kappa shape index (κ1) is 14.5. The quantitative estimate of drug-likeness (QED) is 0.760. The number of nitrogens with one attached hydrogen (secondary N) is 1. The topological polar surface area (TPSA) is 58.6 Å². The zero-order valence-electron chi connectivity index (χ0n) is 11.1. The smallest absolute Gasteiger partial charge is 0.323 e. The Morgan fingerprint density at radius 1 is 1.50 bits per heavy atom. The second kappa shape index (κ2) is 7.01. The average molecular weight is 251 g/mol. The summed E-state index contributed by atoms with van der Waals surface area (Å²) in [6.07, 6.45) is 0.896. The number of esters is 1. The van der Waals surface area contributed by atoms with Crippen molar-refractivity contribution in [1.29, 1.82) is 0 Å². The van der Waals surface area contributed by atoms with Gasteiger partial charge >= 0.3 is 5.97 Å². The highest BCUT2D eigenvalue weighted by Gasteiger charge is 2.23. The molecule has 0 radical (unpaired) electrons. The zero-order valence-corrected chi connectivity index (χ0v) is 11.1. The molecule has 18 heavy (non-hydrogen) atoms. The number of phenols is 1. The summed E-state index contributed by atoms with van der Waals surface area (Å²) in [6.45, 7) is 4.58. The van der Waals surface area contributed by atoms with Crippen molar-refractivity contribution in [2.75, 3.05) is 7.11 Å². The molecule has 1 aromatic carbocycles. The van der Waals surface area contributed by atoms with Gasteiger partial charge in [-0.2, -0.15) is 0 Å². The third kappa shape index (κ3) is 4.04. The van der Waals surface area contributed by atoms with E-state index >= 15 is 0 Å². The molecule has 0 aliphatic heterocycles.